The molecule has 2 nitrogen and oxygen atoms in total. The van der Waals surface area contributed by atoms with Crippen molar-refractivity contribution < 1.29 is 9.52 Å². The maximum absolute atomic E-state index is 10.1. The average molecular weight is 295 g/mol. The van der Waals surface area contributed by atoms with Gasteiger partial charge in [-0.3, -0.25) is 0 Å². The van der Waals surface area contributed by atoms with Crippen molar-refractivity contribution in [2.24, 2.45) is 0 Å². The van der Waals surface area contributed by atoms with E-state index in [2.05, 4.69) is 15.9 Å². The van der Waals surface area contributed by atoms with Crippen LogP contribution < -0.4 is 0 Å². The van der Waals surface area contributed by atoms with Crippen molar-refractivity contribution in [3.63, 3.8) is 0 Å². The fraction of sp³-hybridized carbons (Fsp3) is 0.556. The lowest BCUT2D eigenvalue weighted by Gasteiger charge is -2.24. The minimum Gasteiger partial charge on any atom is -0.465 e. The number of rotatable bonds is 2. The summed E-state index contributed by atoms with van der Waals surface area (Å²) in [6.07, 6.45) is 1.11. The highest BCUT2D eigenvalue weighted by atomic mass is 79.9. The number of hydrogen-bond donors (Lipinski definition) is 1. The third-order valence-corrected chi connectivity index (χ3v) is 5.61. The monoisotopic (exact) mass is 294 g/mol. The molecule has 0 spiro atoms. The predicted molar refractivity (Wildman–Crippen MR) is 64.9 cm³/mol. The molecule has 2 heterocycles. The summed E-state index contributed by atoms with van der Waals surface area (Å²) in [7, 11) is 0. The van der Waals surface area contributed by atoms with Crippen molar-refractivity contribution >= 4 is 39.5 Å². The van der Waals surface area contributed by atoms with Crippen LogP contribution in [-0.4, -0.2) is 27.6 Å². The third kappa shape index (κ3) is 2.32. The van der Waals surface area contributed by atoms with Gasteiger partial charge in [0.15, 0.2) is 0 Å². The average Bonchev–Trinajstić information content (AvgIpc) is 2.65. The van der Waals surface area contributed by atoms with Crippen LogP contribution in [0.1, 0.15) is 11.9 Å². The van der Waals surface area contributed by atoms with Crippen LogP contribution >= 0.6 is 39.5 Å². The van der Waals surface area contributed by atoms with Crippen molar-refractivity contribution in [1.82, 2.24) is 0 Å². The Morgan fingerprint density at radius 1 is 1.57 bits per heavy atom. The van der Waals surface area contributed by atoms with E-state index in [1.165, 1.54) is 5.75 Å². The standard InChI is InChI=1S/C9H11BrO2S2/c10-6-1-2-12-9(6)8(11)7-5-13-3-4-14-7/h1-2,7-8,11H,3-5H2. The Morgan fingerprint density at radius 2 is 2.43 bits per heavy atom. The van der Waals surface area contributed by atoms with Gasteiger partial charge in [0.2, 0.25) is 0 Å². The van der Waals surface area contributed by atoms with E-state index in [4.69, 9.17) is 4.42 Å². The topological polar surface area (TPSA) is 33.4 Å². The largest absolute Gasteiger partial charge is 0.465 e. The number of halogens is 1. The predicted octanol–water partition coefficient (Wildman–Crippen LogP) is 2.92. The Kier molecular flexibility index (Phi) is 3.87. The normalized spacial score (nSPS) is 24.9. The number of thioether (sulfide) groups is 2. The first-order chi connectivity index (χ1) is 6.79. The molecule has 5 heteroatoms. The van der Waals surface area contributed by atoms with Gasteiger partial charge >= 0.3 is 0 Å². The Morgan fingerprint density at radius 3 is 3.00 bits per heavy atom. The van der Waals surface area contributed by atoms with Crippen molar-refractivity contribution in [1.29, 1.82) is 0 Å². The molecule has 14 heavy (non-hydrogen) atoms. The molecule has 1 aliphatic rings. The van der Waals surface area contributed by atoms with Gasteiger partial charge in [-0.25, -0.2) is 0 Å². The van der Waals surface area contributed by atoms with Crippen LogP contribution in [0.2, 0.25) is 0 Å². The second-order valence-corrected chi connectivity index (χ2v) is 6.41. The smallest absolute Gasteiger partial charge is 0.147 e. The first-order valence-electron chi connectivity index (χ1n) is 4.39. The fourth-order valence-corrected chi connectivity index (χ4v) is 4.53. The highest BCUT2D eigenvalue weighted by Gasteiger charge is 2.27. The van der Waals surface area contributed by atoms with E-state index < -0.39 is 6.10 Å². The Hall–Kier alpha value is 0.420. The van der Waals surface area contributed by atoms with Gasteiger partial charge in [0.05, 0.1) is 10.7 Å². The molecule has 0 amide bonds. The van der Waals surface area contributed by atoms with Gasteiger partial charge in [-0.1, -0.05) is 0 Å². The van der Waals surface area contributed by atoms with Crippen LogP contribution in [0.3, 0.4) is 0 Å². The molecule has 0 aromatic carbocycles. The summed E-state index contributed by atoms with van der Waals surface area (Å²) in [6.45, 7) is 0. The van der Waals surface area contributed by atoms with E-state index >= 15 is 0 Å². The molecule has 1 N–H and O–H groups in total. The summed E-state index contributed by atoms with van der Waals surface area (Å²) in [5, 5.41) is 10.3. The van der Waals surface area contributed by atoms with E-state index in [-0.39, 0.29) is 5.25 Å². The highest BCUT2D eigenvalue weighted by molar-refractivity contribution is 9.10. The molecular formula is C9H11BrO2S2. The zero-order valence-electron chi connectivity index (χ0n) is 7.48. The van der Waals surface area contributed by atoms with Crippen LogP contribution in [-0.2, 0) is 0 Å². The third-order valence-electron chi connectivity index (χ3n) is 2.11. The molecule has 0 radical (unpaired) electrons. The van der Waals surface area contributed by atoms with E-state index in [0.29, 0.717) is 5.76 Å². The molecule has 78 valence electrons. The lowest BCUT2D eigenvalue weighted by atomic mass is 10.2. The number of aliphatic hydroxyl groups excluding tert-OH is 1. The number of hydrogen-bond acceptors (Lipinski definition) is 4. The molecule has 0 aliphatic carbocycles. The van der Waals surface area contributed by atoms with E-state index in [1.54, 1.807) is 6.26 Å². The quantitative estimate of drug-likeness (QED) is 0.909. The lowest BCUT2D eigenvalue weighted by Crippen LogP contribution is -2.22. The Bertz CT molecular complexity index is 297. The molecular weight excluding hydrogens is 284 g/mol. The van der Waals surface area contributed by atoms with Crippen LogP contribution in [0.15, 0.2) is 21.2 Å². The van der Waals surface area contributed by atoms with Crippen LogP contribution in [0.25, 0.3) is 0 Å². The summed E-state index contributed by atoms with van der Waals surface area (Å²) < 4.78 is 6.12. The van der Waals surface area contributed by atoms with E-state index in [9.17, 15) is 5.11 Å². The lowest BCUT2D eigenvalue weighted by molar-refractivity contribution is 0.151. The minimum atomic E-state index is -0.489. The SMILES string of the molecule is OC(c1occc1Br)C1CSCCS1. The number of aliphatic hydroxyl groups is 1. The highest BCUT2D eigenvalue weighted by Crippen LogP contribution is 2.36. The molecule has 0 bridgehead atoms. The summed E-state index contributed by atoms with van der Waals surface area (Å²) in [5.74, 6) is 3.96. The molecule has 1 aliphatic heterocycles. The molecule has 2 atom stereocenters. The second-order valence-electron chi connectivity index (χ2n) is 3.06. The van der Waals surface area contributed by atoms with Crippen molar-refractivity contribution in [3.05, 3.63) is 22.6 Å². The molecule has 1 aromatic rings. The van der Waals surface area contributed by atoms with Gasteiger partial charge in [-0.15, -0.1) is 0 Å². The number of furan rings is 1. The van der Waals surface area contributed by atoms with Crippen LogP contribution in [0, 0.1) is 0 Å². The van der Waals surface area contributed by atoms with Gasteiger partial charge in [0.1, 0.15) is 11.9 Å². The first kappa shape index (κ1) is 10.9. The molecule has 1 saturated heterocycles. The molecule has 1 aromatic heterocycles. The van der Waals surface area contributed by atoms with Crippen LogP contribution in [0.5, 0.6) is 0 Å². The van der Waals surface area contributed by atoms with Crippen molar-refractivity contribution in [2.75, 3.05) is 17.3 Å². The zero-order valence-corrected chi connectivity index (χ0v) is 10.7. The van der Waals surface area contributed by atoms with E-state index in [1.807, 2.05) is 29.6 Å². The molecule has 2 rings (SSSR count). The molecule has 1 fully saturated rings. The second kappa shape index (κ2) is 4.96. The van der Waals surface area contributed by atoms with Gasteiger partial charge in [0, 0.05) is 22.5 Å². The summed E-state index contributed by atoms with van der Waals surface area (Å²) in [6, 6.07) is 1.82. The summed E-state index contributed by atoms with van der Waals surface area (Å²) in [5.41, 5.74) is 0. The summed E-state index contributed by atoms with van der Waals surface area (Å²) in [4.78, 5) is 0. The first-order valence-corrected chi connectivity index (χ1v) is 7.39. The van der Waals surface area contributed by atoms with E-state index in [0.717, 1.165) is 16.0 Å². The maximum Gasteiger partial charge on any atom is 0.147 e. The minimum absolute atomic E-state index is 0.260. The van der Waals surface area contributed by atoms with Gasteiger partial charge in [-0.2, -0.15) is 23.5 Å². The Labute approximate surface area is 100.0 Å². The summed E-state index contributed by atoms with van der Waals surface area (Å²) >= 11 is 7.09. The maximum atomic E-state index is 10.1. The van der Waals surface area contributed by atoms with Crippen molar-refractivity contribution in [3.8, 4) is 0 Å². The van der Waals surface area contributed by atoms with Crippen LogP contribution in [0.4, 0.5) is 0 Å². The fourth-order valence-electron chi connectivity index (χ4n) is 1.37. The van der Waals surface area contributed by atoms with Crippen molar-refractivity contribution in [2.45, 2.75) is 11.4 Å². The van der Waals surface area contributed by atoms with Gasteiger partial charge in [0.25, 0.3) is 0 Å². The van der Waals surface area contributed by atoms with Gasteiger partial charge < -0.3 is 9.52 Å². The molecule has 0 saturated carbocycles. The van der Waals surface area contributed by atoms with Gasteiger partial charge in [-0.05, 0) is 22.0 Å². The molecule has 2 unspecified atom stereocenters. The Balaban J connectivity index is 2.07. The zero-order chi connectivity index (χ0) is 9.97.